The van der Waals surface area contributed by atoms with Crippen LogP contribution in [-0.2, 0) is 31.3 Å². The summed E-state index contributed by atoms with van der Waals surface area (Å²) in [5.41, 5.74) is 4.72. The average Bonchev–Trinajstić information content (AvgIpc) is 2.96. The topological polar surface area (TPSA) is 50.2 Å². The van der Waals surface area contributed by atoms with Gasteiger partial charge in [-0.3, -0.25) is 4.79 Å². The molecule has 239 valence electrons. The van der Waals surface area contributed by atoms with Crippen LogP contribution in [0.5, 0.6) is 0 Å². The Hall–Kier alpha value is -3.02. The van der Waals surface area contributed by atoms with Crippen molar-refractivity contribution in [3.8, 4) is 11.3 Å². The number of pyridine rings is 1. The van der Waals surface area contributed by atoms with Gasteiger partial charge in [0.05, 0.1) is 5.76 Å². The van der Waals surface area contributed by atoms with E-state index in [-0.39, 0.29) is 49.9 Å². The first-order valence-electron chi connectivity index (χ1n) is 15.2. The van der Waals surface area contributed by atoms with Gasteiger partial charge in [-0.1, -0.05) is 71.9 Å². The van der Waals surface area contributed by atoms with Gasteiger partial charge < -0.3 is 10.1 Å². The monoisotopic (exact) mass is 783 g/mol. The second kappa shape index (κ2) is 16.9. The quantitative estimate of drug-likeness (QED) is 0.0754. The predicted molar refractivity (Wildman–Crippen MR) is 171 cm³/mol. The molecule has 44 heavy (non-hydrogen) atoms. The Kier molecular flexibility index (Phi) is 14.3. The first-order chi connectivity index (χ1) is 20.4. The summed E-state index contributed by atoms with van der Waals surface area (Å²) in [5, 5.41) is 13.8. The molecule has 3 aromatic carbocycles. The summed E-state index contributed by atoms with van der Waals surface area (Å²) < 4.78 is 37.5. The van der Waals surface area contributed by atoms with E-state index in [9.17, 15) is 23.1 Å². The molecule has 4 rings (SSSR count). The van der Waals surface area contributed by atoms with Crippen LogP contribution in [0.1, 0.15) is 76.5 Å². The minimum Gasteiger partial charge on any atom is -0.512 e. The summed E-state index contributed by atoms with van der Waals surface area (Å²) in [6, 6.07) is 19.0. The smallest absolute Gasteiger partial charge is 0.389 e. The van der Waals surface area contributed by atoms with Crippen molar-refractivity contribution in [3.63, 3.8) is 0 Å². The summed E-state index contributed by atoms with van der Waals surface area (Å²) in [5.74, 6) is 0.547. The molecule has 0 aliphatic carbocycles. The molecule has 0 spiro atoms. The number of carbonyl (C=O) groups excluding carboxylic acids is 1. The second-order valence-electron chi connectivity index (χ2n) is 11.2. The van der Waals surface area contributed by atoms with Crippen LogP contribution in [0.2, 0.25) is 0 Å². The maximum atomic E-state index is 12.5. The number of nitrogens with zero attached hydrogens (tertiary/aromatic N) is 1. The Bertz CT molecular complexity index is 1550. The summed E-state index contributed by atoms with van der Waals surface area (Å²) in [4.78, 5) is 16.3. The molecule has 1 heterocycles. The van der Waals surface area contributed by atoms with E-state index in [1.807, 2.05) is 71.9 Å². The number of aryl methyl sites for hydroxylation is 3. The number of ketones is 1. The Morgan fingerprint density at radius 2 is 1.52 bits per heavy atom. The Morgan fingerprint density at radius 1 is 0.886 bits per heavy atom. The van der Waals surface area contributed by atoms with Crippen LogP contribution in [0.4, 0.5) is 13.2 Å². The van der Waals surface area contributed by atoms with E-state index in [4.69, 9.17) is 0 Å². The normalized spacial score (nSPS) is 11.9. The number of halogens is 3. The number of hydrogen-bond donors (Lipinski definition) is 1. The van der Waals surface area contributed by atoms with Gasteiger partial charge in [0, 0.05) is 50.6 Å². The van der Waals surface area contributed by atoms with Crippen molar-refractivity contribution in [2.24, 2.45) is 11.8 Å². The molecule has 1 N–H and O–H groups in total. The molecule has 0 aliphatic heterocycles. The van der Waals surface area contributed by atoms with E-state index < -0.39 is 12.6 Å². The number of aliphatic hydroxyl groups excluding tert-OH is 1. The zero-order valence-corrected chi connectivity index (χ0v) is 28.8. The second-order valence-corrected chi connectivity index (χ2v) is 11.2. The summed E-state index contributed by atoms with van der Waals surface area (Å²) in [7, 11) is 0. The maximum Gasteiger partial charge on any atom is 0.389 e. The zero-order valence-electron chi connectivity index (χ0n) is 26.4. The van der Waals surface area contributed by atoms with Crippen molar-refractivity contribution in [2.75, 3.05) is 0 Å². The standard InChI is InChI=1S/C24H19F3N.C13H24O2.Ir/c1-15-11-16(2)13-19(12-15)23-22-6-4-18-14-17(7-9-24(25,26)27)3-5-20(18)21(22)8-10-28-23;1-5-10(6-2)12(14)9-13(15)11(7-3)8-4;/h3-6,8,10-12,14H,7,9H2,1-2H3;9-11,14H,5-8H2,1-4H3;/q-1;;/b;12-9-;. The van der Waals surface area contributed by atoms with Gasteiger partial charge in [0.25, 0.3) is 0 Å². The van der Waals surface area contributed by atoms with Crippen LogP contribution in [0.3, 0.4) is 0 Å². The molecule has 0 aliphatic rings. The van der Waals surface area contributed by atoms with E-state index in [0.29, 0.717) is 5.56 Å². The van der Waals surface area contributed by atoms with Crippen LogP contribution in [-0.4, -0.2) is 22.1 Å². The first-order valence-corrected chi connectivity index (χ1v) is 15.2. The number of allylic oxidation sites excluding steroid dienone is 2. The van der Waals surface area contributed by atoms with Crippen LogP contribution < -0.4 is 0 Å². The zero-order chi connectivity index (χ0) is 31.7. The van der Waals surface area contributed by atoms with Gasteiger partial charge >= 0.3 is 6.18 Å². The van der Waals surface area contributed by atoms with Crippen molar-refractivity contribution in [3.05, 3.63) is 89.3 Å². The number of rotatable bonds is 10. The molecule has 1 radical (unpaired) electrons. The molecular weight excluding hydrogens is 740 g/mol. The van der Waals surface area contributed by atoms with Crippen molar-refractivity contribution in [2.45, 2.75) is 86.2 Å². The first kappa shape index (κ1) is 37.2. The minimum atomic E-state index is -4.14. The van der Waals surface area contributed by atoms with Gasteiger partial charge in [0.1, 0.15) is 0 Å². The van der Waals surface area contributed by atoms with Crippen LogP contribution >= 0.6 is 0 Å². The number of alkyl halides is 3. The van der Waals surface area contributed by atoms with Gasteiger partial charge in [-0.2, -0.15) is 13.2 Å². The summed E-state index contributed by atoms with van der Waals surface area (Å²) >= 11 is 0. The van der Waals surface area contributed by atoms with Gasteiger partial charge in [0.15, 0.2) is 5.78 Å². The van der Waals surface area contributed by atoms with Crippen LogP contribution in [0.15, 0.2) is 66.6 Å². The maximum absolute atomic E-state index is 12.5. The Balaban J connectivity index is 0.000000363. The van der Waals surface area contributed by atoms with E-state index in [1.165, 1.54) is 6.08 Å². The van der Waals surface area contributed by atoms with Crippen LogP contribution in [0, 0.1) is 31.7 Å². The van der Waals surface area contributed by atoms with E-state index in [2.05, 4.69) is 23.2 Å². The molecule has 0 fully saturated rings. The fourth-order valence-electron chi connectivity index (χ4n) is 5.50. The fourth-order valence-corrected chi connectivity index (χ4v) is 5.50. The number of benzene rings is 3. The average molecular weight is 783 g/mol. The molecule has 0 amide bonds. The number of aliphatic hydroxyl groups is 1. The number of aromatic nitrogens is 1. The minimum absolute atomic E-state index is 0. The number of hydrogen-bond acceptors (Lipinski definition) is 3. The predicted octanol–water partition coefficient (Wildman–Crippen LogP) is 10.8. The Morgan fingerprint density at radius 3 is 2.11 bits per heavy atom. The third-order valence-corrected chi connectivity index (χ3v) is 8.01. The largest absolute Gasteiger partial charge is 0.512 e. The SMILES string of the molecule is CCC(CC)C(=O)/C=C(\O)C(CC)CC.Cc1[c-]c(-c2nccc3c2ccc2cc(CCC(F)(F)F)ccc23)cc(C)c1.[Ir]. The molecule has 7 heteroatoms. The summed E-state index contributed by atoms with van der Waals surface area (Å²) in [6.45, 7) is 12.1. The van der Waals surface area contributed by atoms with Gasteiger partial charge in [-0.05, 0) is 71.0 Å². The molecule has 3 nitrogen and oxygen atoms in total. The van der Waals surface area contributed by atoms with Crippen molar-refractivity contribution >= 4 is 27.3 Å². The third kappa shape index (κ3) is 10.0. The number of fused-ring (bicyclic) bond motifs is 3. The fraction of sp³-hybridized carbons (Fsp3) is 0.405. The van der Waals surface area contributed by atoms with Crippen molar-refractivity contribution in [1.82, 2.24) is 4.98 Å². The molecule has 0 saturated heterocycles. The third-order valence-electron chi connectivity index (χ3n) is 8.01. The molecule has 1 aromatic heterocycles. The van der Waals surface area contributed by atoms with Crippen LogP contribution in [0.25, 0.3) is 32.8 Å². The van der Waals surface area contributed by atoms with E-state index >= 15 is 0 Å². The van der Waals surface area contributed by atoms with Gasteiger partial charge in [0.2, 0.25) is 0 Å². The Labute approximate surface area is 273 Å². The number of carbonyl (C=O) groups is 1. The van der Waals surface area contributed by atoms with E-state index in [1.54, 1.807) is 12.3 Å². The van der Waals surface area contributed by atoms with Gasteiger partial charge in [-0.25, -0.2) is 0 Å². The molecule has 0 atom stereocenters. The van der Waals surface area contributed by atoms with Crippen molar-refractivity contribution < 1.29 is 43.2 Å². The molecule has 0 unspecified atom stereocenters. The molecule has 0 saturated carbocycles. The van der Waals surface area contributed by atoms with E-state index in [0.717, 1.165) is 69.6 Å². The van der Waals surface area contributed by atoms with Gasteiger partial charge in [-0.15, -0.1) is 34.9 Å². The molecule has 4 aromatic rings. The molecular formula is C37H43F3IrNO2-. The summed E-state index contributed by atoms with van der Waals surface area (Å²) in [6.07, 6.45) is 1.74. The van der Waals surface area contributed by atoms with Crippen molar-refractivity contribution in [1.29, 1.82) is 0 Å². The molecule has 0 bridgehead atoms.